The van der Waals surface area contributed by atoms with Crippen LogP contribution in [-0.4, -0.2) is 51.3 Å². The van der Waals surface area contributed by atoms with Gasteiger partial charge in [0.05, 0.1) is 0 Å². The first-order chi connectivity index (χ1) is 8.83. The zero-order chi connectivity index (χ0) is 12.8. The van der Waals surface area contributed by atoms with Crippen LogP contribution in [0, 0.1) is 11.8 Å². The Morgan fingerprint density at radius 3 is 2.50 bits per heavy atom. The SMILES string of the molecule is CNC1CCCCC1CN1CCC(COC)CC1. The molecule has 2 fully saturated rings. The van der Waals surface area contributed by atoms with E-state index in [1.165, 1.54) is 58.2 Å². The molecule has 2 unspecified atom stereocenters. The number of rotatable bonds is 5. The fraction of sp³-hybridized carbons (Fsp3) is 1.00. The van der Waals surface area contributed by atoms with Crippen LogP contribution < -0.4 is 5.32 Å². The lowest BCUT2D eigenvalue weighted by Crippen LogP contribution is -2.45. The summed E-state index contributed by atoms with van der Waals surface area (Å²) in [5, 5.41) is 3.53. The van der Waals surface area contributed by atoms with Gasteiger partial charge in [-0.15, -0.1) is 0 Å². The third kappa shape index (κ3) is 3.94. The summed E-state index contributed by atoms with van der Waals surface area (Å²) >= 11 is 0. The summed E-state index contributed by atoms with van der Waals surface area (Å²) < 4.78 is 5.27. The standard InChI is InChI=1S/C15H30N2O/c1-16-15-6-4-3-5-14(15)11-17-9-7-13(8-10-17)12-18-2/h13-16H,3-12H2,1-2H3. The molecule has 0 amide bonds. The topological polar surface area (TPSA) is 24.5 Å². The first kappa shape index (κ1) is 14.3. The van der Waals surface area contributed by atoms with E-state index < -0.39 is 0 Å². The van der Waals surface area contributed by atoms with E-state index in [-0.39, 0.29) is 0 Å². The molecule has 1 saturated heterocycles. The fourth-order valence-electron chi connectivity index (χ4n) is 3.71. The zero-order valence-corrected chi connectivity index (χ0v) is 12.2. The van der Waals surface area contributed by atoms with Crippen molar-refractivity contribution in [3.8, 4) is 0 Å². The van der Waals surface area contributed by atoms with E-state index in [1.807, 2.05) is 7.11 Å². The number of hydrogen-bond donors (Lipinski definition) is 1. The van der Waals surface area contributed by atoms with Gasteiger partial charge in [-0.2, -0.15) is 0 Å². The highest BCUT2D eigenvalue weighted by atomic mass is 16.5. The average molecular weight is 254 g/mol. The maximum atomic E-state index is 5.27. The molecule has 1 N–H and O–H groups in total. The van der Waals surface area contributed by atoms with E-state index in [0.29, 0.717) is 0 Å². The van der Waals surface area contributed by atoms with Crippen molar-refractivity contribution >= 4 is 0 Å². The molecule has 0 aromatic rings. The minimum absolute atomic E-state index is 0.760. The number of hydrogen-bond acceptors (Lipinski definition) is 3. The quantitative estimate of drug-likeness (QED) is 0.813. The number of nitrogens with one attached hydrogen (secondary N) is 1. The van der Waals surface area contributed by atoms with Gasteiger partial charge in [-0.25, -0.2) is 0 Å². The average Bonchev–Trinajstić information content (AvgIpc) is 2.42. The van der Waals surface area contributed by atoms with Gasteiger partial charge in [0.25, 0.3) is 0 Å². The predicted molar refractivity (Wildman–Crippen MR) is 75.8 cm³/mol. The number of likely N-dealkylation sites (tertiary alicyclic amines) is 1. The summed E-state index contributed by atoms with van der Waals surface area (Å²) in [4.78, 5) is 2.69. The van der Waals surface area contributed by atoms with Gasteiger partial charge in [0, 0.05) is 26.3 Å². The molecular formula is C15H30N2O. The van der Waals surface area contributed by atoms with Crippen molar-refractivity contribution in [2.24, 2.45) is 11.8 Å². The van der Waals surface area contributed by atoms with Crippen molar-refractivity contribution in [1.82, 2.24) is 10.2 Å². The fourth-order valence-corrected chi connectivity index (χ4v) is 3.71. The van der Waals surface area contributed by atoms with E-state index in [4.69, 9.17) is 4.74 Å². The molecule has 2 atom stereocenters. The van der Waals surface area contributed by atoms with E-state index in [0.717, 1.165) is 24.5 Å². The summed E-state index contributed by atoms with van der Waals surface area (Å²) in [6.07, 6.45) is 8.29. The van der Waals surface area contributed by atoms with Crippen LogP contribution in [0.25, 0.3) is 0 Å². The summed E-state index contributed by atoms with van der Waals surface area (Å²) in [5.74, 6) is 1.68. The molecule has 0 aromatic heterocycles. The molecule has 1 aliphatic heterocycles. The zero-order valence-electron chi connectivity index (χ0n) is 12.2. The summed E-state index contributed by atoms with van der Waals surface area (Å²) in [7, 11) is 3.96. The molecular weight excluding hydrogens is 224 g/mol. The van der Waals surface area contributed by atoms with Crippen LogP contribution in [-0.2, 0) is 4.74 Å². The molecule has 0 bridgehead atoms. The van der Waals surface area contributed by atoms with Crippen LogP contribution in [0.4, 0.5) is 0 Å². The highest BCUT2D eigenvalue weighted by Crippen LogP contribution is 2.27. The lowest BCUT2D eigenvalue weighted by molar-refractivity contribution is 0.0839. The number of ether oxygens (including phenoxy) is 1. The van der Waals surface area contributed by atoms with Gasteiger partial charge in [-0.05, 0) is 57.7 Å². The van der Waals surface area contributed by atoms with Gasteiger partial charge in [-0.1, -0.05) is 12.8 Å². The Morgan fingerprint density at radius 1 is 1.11 bits per heavy atom. The maximum absolute atomic E-state index is 5.27. The van der Waals surface area contributed by atoms with E-state index in [9.17, 15) is 0 Å². The molecule has 1 heterocycles. The molecule has 3 heteroatoms. The molecule has 1 saturated carbocycles. The first-order valence-corrected chi connectivity index (χ1v) is 7.72. The Labute approximate surface area is 112 Å². The van der Waals surface area contributed by atoms with Crippen molar-refractivity contribution in [2.75, 3.05) is 40.4 Å². The van der Waals surface area contributed by atoms with Crippen LogP contribution in [0.15, 0.2) is 0 Å². The van der Waals surface area contributed by atoms with Crippen LogP contribution >= 0.6 is 0 Å². The number of piperidine rings is 1. The minimum atomic E-state index is 0.760. The summed E-state index contributed by atoms with van der Waals surface area (Å²) in [6, 6.07) is 0.760. The van der Waals surface area contributed by atoms with Gasteiger partial charge in [-0.3, -0.25) is 0 Å². The van der Waals surface area contributed by atoms with E-state index in [1.54, 1.807) is 0 Å². The lowest BCUT2D eigenvalue weighted by Gasteiger charge is -2.38. The van der Waals surface area contributed by atoms with E-state index in [2.05, 4.69) is 17.3 Å². The maximum Gasteiger partial charge on any atom is 0.0491 e. The van der Waals surface area contributed by atoms with Gasteiger partial charge in [0.2, 0.25) is 0 Å². The second-order valence-electron chi connectivity index (χ2n) is 6.14. The van der Waals surface area contributed by atoms with Crippen molar-refractivity contribution < 1.29 is 4.74 Å². The molecule has 18 heavy (non-hydrogen) atoms. The van der Waals surface area contributed by atoms with Crippen molar-refractivity contribution in [3.05, 3.63) is 0 Å². The van der Waals surface area contributed by atoms with Gasteiger partial charge < -0.3 is 15.0 Å². The van der Waals surface area contributed by atoms with Crippen molar-refractivity contribution in [1.29, 1.82) is 0 Å². The molecule has 2 rings (SSSR count). The largest absolute Gasteiger partial charge is 0.384 e. The minimum Gasteiger partial charge on any atom is -0.384 e. The van der Waals surface area contributed by atoms with Crippen molar-refractivity contribution in [3.63, 3.8) is 0 Å². The molecule has 0 aromatic carbocycles. The number of nitrogens with zero attached hydrogens (tertiary/aromatic N) is 1. The van der Waals surface area contributed by atoms with Gasteiger partial charge in [0.15, 0.2) is 0 Å². The highest BCUT2D eigenvalue weighted by molar-refractivity contribution is 4.83. The molecule has 106 valence electrons. The van der Waals surface area contributed by atoms with Gasteiger partial charge in [0.1, 0.15) is 0 Å². The third-order valence-electron chi connectivity index (χ3n) is 4.88. The Morgan fingerprint density at radius 2 is 1.83 bits per heavy atom. The predicted octanol–water partition coefficient (Wildman–Crippen LogP) is 2.12. The highest BCUT2D eigenvalue weighted by Gasteiger charge is 2.27. The molecule has 0 spiro atoms. The Bertz CT molecular complexity index is 227. The molecule has 1 aliphatic carbocycles. The van der Waals surface area contributed by atoms with Crippen LogP contribution in [0.5, 0.6) is 0 Å². The normalized spacial score (nSPS) is 31.7. The summed E-state index contributed by atoms with van der Waals surface area (Å²) in [6.45, 7) is 4.82. The lowest BCUT2D eigenvalue weighted by atomic mass is 9.83. The molecule has 2 aliphatic rings. The van der Waals surface area contributed by atoms with Crippen molar-refractivity contribution in [2.45, 2.75) is 44.6 Å². The molecule has 0 radical (unpaired) electrons. The monoisotopic (exact) mass is 254 g/mol. The second-order valence-corrected chi connectivity index (χ2v) is 6.14. The number of methoxy groups -OCH3 is 1. The first-order valence-electron chi connectivity index (χ1n) is 7.72. The molecule has 3 nitrogen and oxygen atoms in total. The second kappa shape index (κ2) is 7.46. The van der Waals surface area contributed by atoms with Crippen LogP contribution in [0.2, 0.25) is 0 Å². The van der Waals surface area contributed by atoms with E-state index >= 15 is 0 Å². The third-order valence-corrected chi connectivity index (χ3v) is 4.88. The Hall–Kier alpha value is -0.120. The Balaban J connectivity index is 1.73. The van der Waals surface area contributed by atoms with Crippen LogP contribution in [0.1, 0.15) is 38.5 Å². The van der Waals surface area contributed by atoms with Gasteiger partial charge >= 0.3 is 0 Å². The Kier molecular flexibility index (Phi) is 5.93. The summed E-state index contributed by atoms with van der Waals surface area (Å²) in [5.41, 5.74) is 0. The smallest absolute Gasteiger partial charge is 0.0491 e. The van der Waals surface area contributed by atoms with Crippen LogP contribution in [0.3, 0.4) is 0 Å².